The van der Waals surface area contributed by atoms with E-state index in [-0.39, 0.29) is 6.42 Å². The van der Waals surface area contributed by atoms with Gasteiger partial charge in [0.15, 0.2) is 0 Å². The number of carboxylic acid groups (broad SMARTS) is 1. The summed E-state index contributed by atoms with van der Waals surface area (Å²) in [5.41, 5.74) is 0. The van der Waals surface area contributed by atoms with Crippen LogP contribution in [-0.2, 0) is 4.79 Å². The molecule has 0 aromatic carbocycles. The number of hydrogen-bond acceptors (Lipinski definition) is 1. The summed E-state index contributed by atoms with van der Waals surface area (Å²) in [4.78, 5) is 10.3. The lowest BCUT2D eigenvalue weighted by atomic mass is 10.2. The maximum atomic E-state index is 10.3. The Morgan fingerprint density at radius 2 is 0.923 bits per heavy atom. The van der Waals surface area contributed by atoms with E-state index in [9.17, 15) is 4.79 Å². The molecule has 1 N–H and O–H groups in total. The van der Waals surface area contributed by atoms with Gasteiger partial charge >= 0.3 is 5.97 Å². The average molecular weight is 357 g/mol. The van der Waals surface area contributed by atoms with E-state index >= 15 is 0 Å². The molecule has 0 radical (unpaired) electrons. The summed E-state index contributed by atoms with van der Waals surface area (Å²) in [5, 5.41) is 8.51. The molecular weight excluding hydrogens is 320 g/mol. The van der Waals surface area contributed by atoms with Gasteiger partial charge in [-0.15, -0.1) is 0 Å². The highest BCUT2D eigenvalue weighted by molar-refractivity contribution is 5.66. The van der Waals surface area contributed by atoms with Gasteiger partial charge in [0.2, 0.25) is 0 Å². The first kappa shape index (κ1) is 23.9. The second kappa shape index (κ2) is 21.0. The van der Waals surface area contributed by atoms with Crippen molar-refractivity contribution in [3.05, 3.63) is 72.9 Å². The van der Waals surface area contributed by atoms with Crippen LogP contribution in [0.15, 0.2) is 72.9 Å². The van der Waals surface area contributed by atoms with Crippen LogP contribution in [0.1, 0.15) is 71.1 Å². The van der Waals surface area contributed by atoms with Crippen LogP contribution >= 0.6 is 0 Å². The van der Waals surface area contributed by atoms with Crippen molar-refractivity contribution in [2.75, 3.05) is 0 Å². The number of aliphatic carboxylic acids is 1. The van der Waals surface area contributed by atoms with Crippen LogP contribution in [0, 0.1) is 0 Å². The molecule has 0 atom stereocenters. The normalized spacial score (nSPS) is 13.0. The Morgan fingerprint density at radius 3 is 1.31 bits per heavy atom. The molecule has 0 bridgehead atoms. The van der Waals surface area contributed by atoms with E-state index in [1.54, 1.807) is 0 Å². The van der Waals surface area contributed by atoms with Gasteiger partial charge in [0.1, 0.15) is 0 Å². The van der Waals surface area contributed by atoms with Crippen LogP contribution < -0.4 is 0 Å². The van der Waals surface area contributed by atoms with Crippen molar-refractivity contribution in [2.24, 2.45) is 0 Å². The zero-order valence-electron chi connectivity index (χ0n) is 16.4. The van der Waals surface area contributed by atoms with Crippen molar-refractivity contribution in [3.8, 4) is 0 Å². The van der Waals surface area contributed by atoms with E-state index in [0.29, 0.717) is 6.42 Å². The smallest absolute Gasteiger partial charge is 0.303 e. The Kier molecular flexibility index (Phi) is 19.3. The van der Waals surface area contributed by atoms with Crippen molar-refractivity contribution in [1.82, 2.24) is 0 Å². The number of unbranched alkanes of at least 4 members (excludes halogenated alkanes) is 3. The molecule has 0 heterocycles. The minimum Gasteiger partial charge on any atom is -0.481 e. The van der Waals surface area contributed by atoms with Crippen molar-refractivity contribution in [2.45, 2.75) is 71.1 Å². The van der Waals surface area contributed by atoms with Crippen molar-refractivity contribution in [1.29, 1.82) is 0 Å². The van der Waals surface area contributed by atoms with E-state index in [1.165, 1.54) is 0 Å². The van der Waals surface area contributed by atoms with Crippen LogP contribution in [0.3, 0.4) is 0 Å². The van der Waals surface area contributed by atoms with Crippen LogP contribution in [0.2, 0.25) is 0 Å². The van der Waals surface area contributed by atoms with E-state index in [2.05, 4.69) is 66.8 Å². The first-order valence-electron chi connectivity index (χ1n) is 9.85. The fraction of sp³-hybridized carbons (Fsp3) is 0.458. The van der Waals surface area contributed by atoms with Crippen LogP contribution in [0.5, 0.6) is 0 Å². The monoisotopic (exact) mass is 356 g/mol. The number of allylic oxidation sites excluding steroid dienone is 12. The Bertz CT molecular complexity index is 490. The number of hydrogen-bond donors (Lipinski definition) is 1. The zero-order valence-corrected chi connectivity index (χ0v) is 16.4. The Balaban J connectivity index is 3.43. The van der Waals surface area contributed by atoms with E-state index in [0.717, 1.165) is 51.4 Å². The van der Waals surface area contributed by atoms with Gasteiger partial charge in [-0.05, 0) is 64.7 Å². The fourth-order valence-electron chi connectivity index (χ4n) is 2.19. The van der Waals surface area contributed by atoms with Gasteiger partial charge < -0.3 is 5.11 Å². The van der Waals surface area contributed by atoms with Gasteiger partial charge in [-0.2, -0.15) is 0 Å². The minimum atomic E-state index is -0.731. The average Bonchev–Trinajstić information content (AvgIpc) is 2.62. The summed E-state index contributed by atoms with van der Waals surface area (Å²) in [6.45, 7) is 2.05. The van der Waals surface area contributed by atoms with Crippen LogP contribution in [-0.4, -0.2) is 11.1 Å². The lowest BCUT2D eigenvalue weighted by Gasteiger charge is -1.90. The van der Waals surface area contributed by atoms with E-state index in [4.69, 9.17) is 5.11 Å². The summed E-state index contributed by atoms with van der Waals surface area (Å²) in [6.07, 6.45) is 35.5. The molecule has 0 amide bonds. The molecule has 0 fully saturated rings. The SMILES string of the molecule is CC=CCC=CCCC=CCC=CCCC=CCCC=CCCC(=O)O. The summed E-state index contributed by atoms with van der Waals surface area (Å²) in [6, 6.07) is 0. The standard InChI is InChI=1S/C24H36O2/c1-2-3-4-5-6-7-8-9-10-11-12-13-14-15-16-17-18-19-20-21-22-23-24(25)26/h2-3,5-6,9-10,12-13,16-17,20-21H,4,7-8,11,14-15,18-19,22-23H2,1H3,(H,25,26). The third-order valence-corrected chi connectivity index (χ3v) is 3.64. The second-order valence-corrected chi connectivity index (χ2v) is 6.06. The van der Waals surface area contributed by atoms with Gasteiger partial charge in [-0.3, -0.25) is 4.79 Å². The molecule has 0 aromatic rings. The Hall–Kier alpha value is -2.09. The highest BCUT2D eigenvalue weighted by Crippen LogP contribution is 2.01. The third kappa shape index (κ3) is 21.9. The predicted octanol–water partition coefficient (Wildman–Crippen LogP) is 7.33. The highest BCUT2D eigenvalue weighted by Gasteiger charge is 1.90. The first-order chi connectivity index (χ1) is 12.8. The summed E-state index contributed by atoms with van der Waals surface area (Å²) in [5.74, 6) is -0.731. The zero-order chi connectivity index (χ0) is 19.1. The van der Waals surface area contributed by atoms with Crippen molar-refractivity contribution < 1.29 is 9.90 Å². The molecule has 26 heavy (non-hydrogen) atoms. The molecule has 0 aliphatic heterocycles. The maximum absolute atomic E-state index is 10.3. The molecule has 0 spiro atoms. The molecule has 2 heteroatoms. The quantitative estimate of drug-likeness (QED) is 0.232. The Morgan fingerprint density at radius 1 is 0.577 bits per heavy atom. The van der Waals surface area contributed by atoms with Gasteiger partial charge in [0.25, 0.3) is 0 Å². The molecule has 0 aliphatic carbocycles. The van der Waals surface area contributed by atoms with Gasteiger partial charge in [0, 0.05) is 6.42 Å². The molecule has 0 unspecified atom stereocenters. The molecule has 0 aromatic heterocycles. The first-order valence-corrected chi connectivity index (χ1v) is 9.85. The molecule has 0 saturated heterocycles. The topological polar surface area (TPSA) is 37.3 Å². The molecule has 144 valence electrons. The van der Waals surface area contributed by atoms with Gasteiger partial charge in [-0.1, -0.05) is 72.9 Å². The lowest BCUT2D eigenvalue weighted by Crippen LogP contribution is -1.91. The molecule has 0 aliphatic rings. The maximum Gasteiger partial charge on any atom is 0.303 e. The number of carboxylic acids is 1. The van der Waals surface area contributed by atoms with Crippen molar-refractivity contribution >= 4 is 5.97 Å². The summed E-state index contributed by atoms with van der Waals surface area (Å²) >= 11 is 0. The third-order valence-electron chi connectivity index (χ3n) is 3.64. The lowest BCUT2D eigenvalue weighted by molar-refractivity contribution is -0.136. The van der Waals surface area contributed by atoms with Crippen molar-refractivity contribution in [3.63, 3.8) is 0 Å². The fourth-order valence-corrected chi connectivity index (χ4v) is 2.19. The van der Waals surface area contributed by atoms with E-state index in [1.807, 2.05) is 13.0 Å². The molecule has 2 nitrogen and oxygen atoms in total. The molecular formula is C24H36O2. The van der Waals surface area contributed by atoms with Crippen LogP contribution in [0.4, 0.5) is 0 Å². The number of carbonyl (C=O) groups is 1. The minimum absolute atomic E-state index is 0.224. The second-order valence-electron chi connectivity index (χ2n) is 6.06. The van der Waals surface area contributed by atoms with Gasteiger partial charge in [-0.25, -0.2) is 0 Å². The molecule has 0 saturated carbocycles. The summed E-state index contributed by atoms with van der Waals surface area (Å²) in [7, 11) is 0. The predicted molar refractivity (Wildman–Crippen MR) is 114 cm³/mol. The van der Waals surface area contributed by atoms with Crippen LogP contribution in [0.25, 0.3) is 0 Å². The van der Waals surface area contributed by atoms with Gasteiger partial charge in [0.05, 0.1) is 0 Å². The summed E-state index contributed by atoms with van der Waals surface area (Å²) < 4.78 is 0. The highest BCUT2D eigenvalue weighted by atomic mass is 16.4. The van der Waals surface area contributed by atoms with E-state index < -0.39 is 5.97 Å². The number of rotatable bonds is 16. The Labute approximate surface area is 160 Å². The largest absolute Gasteiger partial charge is 0.481 e. The molecule has 0 rings (SSSR count).